The number of halogens is 6. The van der Waals surface area contributed by atoms with Crippen LogP contribution in [0.1, 0.15) is 6.92 Å². The lowest BCUT2D eigenvalue weighted by molar-refractivity contribution is -0.286. The lowest BCUT2D eigenvalue weighted by Gasteiger charge is -2.19. The molecule has 0 spiro atoms. The summed E-state index contributed by atoms with van der Waals surface area (Å²) in [7, 11) is 1.29. The number of hydrogen-bond donors (Lipinski definition) is 0. The Kier molecular flexibility index (Phi) is 6.19. The molecule has 4 aromatic rings. The predicted octanol–water partition coefficient (Wildman–Crippen LogP) is 4.95. The predicted molar refractivity (Wildman–Crippen MR) is 118 cm³/mol. The van der Waals surface area contributed by atoms with E-state index in [9.17, 15) is 26.7 Å². The second-order valence-electron chi connectivity index (χ2n) is 7.24. The Morgan fingerprint density at radius 3 is 2.44 bits per heavy atom. The lowest BCUT2D eigenvalue weighted by Crippen LogP contribution is -2.42. The largest absolute Gasteiger partial charge is 0.455 e. The van der Waals surface area contributed by atoms with Crippen molar-refractivity contribution in [1.29, 1.82) is 0 Å². The number of imidazole rings is 1. The van der Waals surface area contributed by atoms with Crippen LogP contribution in [0.4, 0.5) is 22.0 Å². The SMILES string of the molecule is CCSc1cc(-n2ccc(Cl)n2)cnc1-c1cc2c(cn1)n(CC(F)(F)C(F)(F)F)c(=O)n2C. The number of aromatic nitrogens is 6. The molecule has 0 aliphatic carbocycles. The Balaban J connectivity index is 1.80. The van der Waals surface area contributed by atoms with Gasteiger partial charge in [0.1, 0.15) is 12.2 Å². The van der Waals surface area contributed by atoms with Gasteiger partial charge in [-0.1, -0.05) is 18.5 Å². The molecular formula is C20H16ClF5N6OS. The Bertz CT molecular complexity index is 1430. The minimum absolute atomic E-state index is 0.144. The first-order valence-corrected chi connectivity index (χ1v) is 11.1. The summed E-state index contributed by atoms with van der Waals surface area (Å²) < 4.78 is 68.3. The number of pyridine rings is 2. The average molecular weight is 519 g/mol. The maximum Gasteiger partial charge on any atom is 0.455 e. The highest BCUT2D eigenvalue weighted by atomic mass is 35.5. The molecule has 0 N–H and O–H groups in total. The van der Waals surface area contributed by atoms with Gasteiger partial charge in [0.2, 0.25) is 0 Å². The smallest absolute Gasteiger partial charge is 0.295 e. The Morgan fingerprint density at radius 2 is 1.82 bits per heavy atom. The molecule has 0 amide bonds. The second-order valence-corrected chi connectivity index (χ2v) is 8.94. The maximum atomic E-state index is 13.7. The molecule has 0 unspecified atom stereocenters. The summed E-state index contributed by atoms with van der Waals surface area (Å²) in [6.07, 6.45) is -1.49. The first-order chi connectivity index (χ1) is 15.9. The van der Waals surface area contributed by atoms with Crippen molar-refractivity contribution in [3.05, 3.63) is 52.4 Å². The van der Waals surface area contributed by atoms with Gasteiger partial charge in [-0.15, -0.1) is 11.8 Å². The highest BCUT2D eigenvalue weighted by Gasteiger charge is 2.58. The monoisotopic (exact) mass is 518 g/mol. The number of alkyl halides is 5. The third-order valence-electron chi connectivity index (χ3n) is 5.01. The van der Waals surface area contributed by atoms with E-state index >= 15 is 0 Å². The van der Waals surface area contributed by atoms with E-state index in [0.717, 1.165) is 15.7 Å². The van der Waals surface area contributed by atoms with Gasteiger partial charge in [0, 0.05) is 18.1 Å². The van der Waals surface area contributed by atoms with Crippen LogP contribution in [-0.4, -0.2) is 46.7 Å². The summed E-state index contributed by atoms with van der Waals surface area (Å²) in [5, 5.41) is 4.44. The molecule has 0 radical (unpaired) electrons. The highest BCUT2D eigenvalue weighted by Crippen LogP contribution is 2.37. The van der Waals surface area contributed by atoms with Crippen molar-refractivity contribution < 1.29 is 22.0 Å². The molecule has 0 aliphatic heterocycles. The molecule has 0 saturated carbocycles. The van der Waals surface area contributed by atoms with E-state index < -0.39 is 24.3 Å². The van der Waals surface area contributed by atoms with Crippen LogP contribution in [0.25, 0.3) is 28.1 Å². The van der Waals surface area contributed by atoms with Crippen molar-refractivity contribution in [3.8, 4) is 17.1 Å². The molecule has 0 fully saturated rings. The fraction of sp³-hybridized carbons (Fsp3) is 0.300. The maximum absolute atomic E-state index is 13.7. The van der Waals surface area contributed by atoms with E-state index in [1.165, 1.54) is 24.9 Å². The van der Waals surface area contributed by atoms with E-state index in [2.05, 4.69) is 15.1 Å². The normalized spacial score (nSPS) is 12.6. The van der Waals surface area contributed by atoms with Crippen molar-refractivity contribution in [1.82, 2.24) is 28.9 Å². The molecule has 180 valence electrons. The number of aryl methyl sites for hydroxylation is 1. The van der Waals surface area contributed by atoms with Gasteiger partial charge in [-0.05, 0) is 24.0 Å². The first-order valence-electron chi connectivity index (χ1n) is 9.77. The summed E-state index contributed by atoms with van der Waals surface area (Å²) in [6.45, 7) is 0.0944. The standard InChI is InChI=1S/C20H16ClF5N6OS/c1-3-34-15-6-11(32-5-4-16(21)29-32)8-28-17(15)12-7-13-14(9-27-12)31(18(33)30(13)2)10-19(22,23)20(24,25)26/h4-9H,3,10H2,1-2H3. The van der Waals surface area contributed by atoms with Crippen LogP contribution in [0.2, 0.25) is 5.15 Å². The Labute approximate surface area is 198 Å². The number of rotatable bonds is 6. The molecule has 0 atom stereocenters. The molecule has 4 aromatic heterocycles. The fourth-order valence-electron chi connectivity index (χ4n) is 3.33. The quantitative estimate of drug-likeness (QED) is 0.267. The van der Waals surface area contributed by atoms with E-state index in [4.69, 9.17) is 11.6 Å². The summed E-state index contributed by atoms with van der Waals surface area (Å²) in [5.41, 5.74) is 0.402. The van der Waals surface area contributed by atoms with Crippen LogP contribution < -0.4 is 5.69 Å². The molecule has 0 aliphatic rings. The summed E-state index contributed by atoms with van der Waals surface area (Å²) in [5.74, 6) is -4.39. The van der Waals surface area contributed by atoms with Gasteiger partial charge in [0.25, 0.3) is 0 Å². The van der Waals surface area contributed by atoms with E-state index in [1.54, 1.807) is 23.1 Å². The molecule has 0 bridgehead atoms. The Morgan fingerprint density at radius 1 is 1.09 bits per heavy atom. The fourth-order valence-corrected chi connectivity index (χ4v) is 4.28. The highest BCUT2D eigenvalue weighted by molar-refractivity contribution is 7.99. The zero-order valence-electron chi connectivity index (χ0n) is 17.6. The molecule has 4 rings (SSSR count). The van der Waals surface area contributed by atoms with Crippen LogP contribution in [0.5, 0.6) is 0 Å². The van der Waals surface area contributed by atoms with Crippen molar-refractivity contribution in [2.75, 3.05) is 5.75 Å². The van der Waals surface area contributed by atoms with Gasteiger partial charge in [-0.3, -0.25) is 19.1 Å². The van der Waals surface area contributed by atoms with Crippen LogP contribution in [0.15, 0.2) is 46.5 Å². The van der Waals surface area contributed by atoms with E-state index in [-0.39, 0.29) is 11.0 Å². The number of thioether (sulfide) groups is 1. The van der Waals surface area contributed by atoms with Gasteiger partial charge in [-0.2, -0.15) is 27.1 Å². The van der Waals surface area contributed by atoms with Crippen LogP contribution in [0.3, 0.4) is 0 Å². The van der Waals surface area contributed by atoms with Gasteiger partial charge in [0.15, 0.2) is 5.15 Å². The van der Waals surface area contributed by atoms with Gasteiger partial charge in [0.05, 0.1) is 34.8 Å². The Hall–Kier alpha value is -2.93. The van der Waals surface area contributed by atoms with Crippen molar-refractivity contribution in [2.45, 2.75) is 30.5 Å². The number of hydrogen-bond acceptors (Lipinski definition) is 5. The summed E-state index contributed by atoms with van der Waals surface area (Å²) in [4.78, 5) is 21.9. The van der Waals surface area contributed by atoms with E-state index in [0.29, 0.717) is 32.5 Å². The minimum atomic E-state index is -5.79. The van der Waals surface area contributed by atoms with Gasteiger partial charge >= 0.3 is 17.8 Å². The molecule has 34 heavy (non-hydrogen) atoms. The molecule has 4 heterocycles. The molecular weight excluding hydrogens is 503 g/mol. The zero-order chi connectivity index (χ0) is 24.8. The molecule has 0 saturated heterocycles. The van der Waals surface area contributed by atoms with E-state index in [1.807, 2.05) is 13.0 Å². The van der Waals surface area contributed by atoms with Crippen LogP contribution in [-0.2, 0) is 13.6 Å². The number of fused-ring (bicyclic) bond motifs is 1. The topological polar surface area (TPSA) is 70.5 Å². The van der Waals surface area contributed by atoms with Crippen LogP contribution >= 0.6 is 23.4 Å². The van der Waals surface area contributed by atoms with Crippen molar-refractivity contribution in [3.63, 3.8) is 0 Å². The third kappa shape index (κ3) is 4.29. The second kappa shape index (κ2) is 8.69. The van der Waals surface area contributed by atoms with Crippen molar-refractivity contribution in [2.24, 2.45) is 7.05 Å². The number of nitrogens with zero attached hydrogens (tertiary/aromatic N) is 6. The molecule has 7 nitrogen and oxygen atoms in total. The zero-order valence-corrected chi connectivity index (χ0v) is 19.2. The lowest BCUT2D eigenvalue weighted by atomic mass is 10.2. The average Bonchev–Trinajstić information content (AvgIpc) is 3.30. The molecule has 14 heteroatoms. The first kappa shape index (κ1) is 24.2. The van der Waals surface area contributed by atoms with Gasteiger partial charge in [-0.25, -0.2) is 9.48 Å². The van der Waals surface area contributed by atoms with Crippen LogP contribution in [0, 0.1) is 0 Å². The summed E-state index contributed by atoms with van der Waals surface area (Å²) >= 11 is 7.35. The third-order valence-corrected chi connectivity index (χ3v) is 6.12. The molecule has 0 aromatic carbocycles. The van der Waals surface area contributed by atoms with Crippen molar-refractivity contribution >= 4 is 34.4 Å². The minimum Gasteiger partial charge on any atom is -0.295 e. The van der Waals surface area contributed by atoms with Gasteiger partial charge < -0.3 is 0 Å². The summed E-state index contributed by atoms with van der Waals surface area (Å²) in [6, 6.07) is 4.87.